The lowest BCUT2D eigenvalue weighted by molar-refractivity contribution is -0.136. The summed E-state index contributed by atoms with van der Waals surface area (Å²) < 4.78 is 15.3. The van der Waals surface area contributed by atoms with Gasteiger partial charge in [0.15, 0.2) is 5.71 Å². The molecule has 0 radical (unpaired) electrons. The van der Waals surface area contributed by atoms with Crippen molar-refractivity contribution in [2.24, 2.45) is 11.0 Å². The van der Waals surface area contributed by atoms with Crippen molar-refractivity contribution in [3.8, 4) is 11.5 Å². The van der Waals surface area contributed by atoms with E-state index >= 15 is 0 Å². The lowest BCUT2D eigenvalue weighted by Crippen LogP contribution is -2.36. The highest BCUT2D eigenvalue weighted by atomic mass is 16.5. The minimum atomic E-state index is -1.03. The third kappa shape index (κ3) is 2.57. The van der Waals surface area contributed by atoms with Crippen LogP contribution in [0.2, 0.25) is 0 Å². The van der Waals surface area contributed by atoms with Crippen molar-refractivity contribution in [1.82, 2.24) is 5.43 Å². The fraction of sp³-hybridized carbons (Fsp3) is 0.375. The van der Waals surface area contributed by atoms with Crippen LogP contribution in [0.4, 0.5) is 5.69 Å². The molecule has 2 amide bonds. The molecule has 1 aromatic rings. The summed E-state index contributed by atoms with van der Waals surface area (Å²) in [7, 11) is 2.90. The van der Waals surface area contributed by atoms with Crippen LogP contribution in [0.1, 0.15) is 6.92 Å². The van der Waals surface area contributed by atoms with Crippen molar-refractivity contribution < 1.29 is 28.6 Å². The number of hydrogen-bond acceptors (Lipinski definition) is 8. The number of carbonyl (C=O) groups is 3. The van der Waals surface area contributed by atoms with Gasteiger partial charge in [-0.05, 0) is 19.1 Å². The van der Waals surface area contributed by atoms with E-state index < -0.39 is 29.7 Å². The average Bonchev–Trinajstić information content (AvgIpc) is 3.15. The van der Waals surface area contributed by atoms with Gasteiger partial charge in [0.05, 0.1) is 26.5 Å². The van der Waals surface area contributed by atoms with Crippen LogP contribution in [0.25, 0.3) is 0 Å². The maximum Gasteiger partial charge on any atom is 0.355 e. The van der Waals surface area contributed by atoms with Gasteiger partial charge >= 0.3 is 5.97 Å². The summed E-state index contributed by atoms with van der Waals surface area (Å²) in [6.45, 7) is 1.79. The van der Waals surface area contributed by atoms with Crippen molar-refractivity contribution in [2.45, 2.75) is 13.0 Å². The Morgan fingerprint density at radius 2 is 2.00 bits per heavy atom. The molecular weight excluding hydrogens is 330 g/mol. The van der Waals surface area contributed by atoms with Crippen LogP contribution in [0.15, 0.2) is 23.3 Å². The van der Waals surface area contributed by atoms with Crippen molar-refractivity contribution in [2.75, 3.05) is 25.7 Å². The number of nitrogens with one attached hydrogen (secondary N) is 1. The second-order valence-electron chi connectivity index (χ2n) is 5.35. The van der Waals surface area contributed by atoms with E-state index in [1.54, 1.807) is 19.1 Å². The van der Waals surface area contributed by atoms with Gasteiger partial charge < -0.3 is 14.2 Å². The minimum Gasteiger partial charge on any atom is -0.497 e. The highest BCUT2D eigenvalue weighted by Gasteiger charge is 2.56. The summed E-state index contributed by atoms with van der Waals surface area (Å²) in [5.74, 6) is -2.05. The van der Waals surface area contributed by atoms with Crippen LogP contribution in [-0.4, -0.2) is 50.4 Å². The van der Waals surface area contributed by atoms with Gasteiger partial charge in [-0.15, -0.1) is 0 Å². The van der Waals surface area contributed by atoms with E-state index in [-0.39, 0.29) is 18.0 Å². The average molecular weight is 347 g/mol. The molecule has 1 N–H and O–H groups in total. The predicted molar refractivity (Wildman–Crippen MR) is 86.5 cm³/mol. The zero-order chi connectivity index (χ0) is 18.1. The van der Waals surface area contributed by atoms with Gasteiger partial charge in [0.2, 0.25) is 5.91 Å². The van der Waals surface area contributed by atoms with E-state index in [1.165, 1.54) is 20.3 Å². The summed E-state index contributed by atoms with van der Waals surface area (Å²) in [5, 5.41) is 3.81. The molecule has 1 fully saturated rings. The molecule has 0 spiro atoms. The first-order valence-corrected chi connectivity index (χ1v) is 7.63. The molecule has 2 atom stereocenters. The van der Waals surface area contributed by atoms with E-state index in [2.05, 4.69) is 10.5 Å². The third-order valence-corrected chi connectivity index (χ3v) is 4.04. The Balaban J connectivity index is 1.99. The molecule has 2 aliphatic rings. The molecule has 25 heavy (non-hydrogen) atoms. The highest BCUT2D eigenvalue weighted by molar-refractivity contribution is 6.46. The molecule has 2 heterocycles. The third-order valence-electron chi connectivity index (χ3n) is 4.04. The number of hydrazone groups is 1. The van der Waals surface area contributed by atoms with Crippen LogP contribution in [0, 0.1) is 5.92 Å². The number of amides is 2. The lowest BCUT2D eigenvalue weighted by atomic mass is 9.99. The zero-order valence-corrected chi connectivity index (χ0v) is 13.9. The Morgan fingerprint density at radius 1 is 1.24 bits per heavy atom. The molecule has 9 heteroatoms. The van der Waals surface area contributed by atoms with Gasteiger partial charge in [-0.1, -0.05) is 0 Å². The maximum atomic E-state index is 12.9. The van der Waals surface area contributed by atoms with Gasteiger partial charge in [0.1, 0.15) is 23.5 Å². The molecule has 0 bridgehead atoms. The molecule has 0 unspecified atom stereocenters. The molecule has 2 aliphatic heterocycles. The molecule has 0 saturated carbocycles. The number of fused-ring (bicyclic) bond motifs is 1. The van der Waals surface area contributed by atoms with Crippen molar-refractivity contribution in [1.29, 1.82) is 0 Å². The quantitative estimate of drug-likeness (QED) is 0.594. The number of benzene rings is 1. The number of methoxy groups -OCH3 is 2. The van der Waals surface area contributed by atoms with Crippen molar-refractivity contribution >= 4 is 29.2 Å². The van der Waals surface area contributed by atoms with Crippen LogP contribution >= 0.6 is 0 Å². The molecular formula is C16H17N3O6. The fourth-order valence-corrected chi connectivity index (χ4v) is 2.87. The summed E-state index contributed by atoms with van der Waals surface area (Å²) in [6.07, 6.45) is 0. The number of nitrogens with zero attached hydrogens (tertiary/aromatic N) is 2. The van der Waals surface area contributed by atoms with Gasteiger partial charge in [-0.25, -0.2) is 9.69 Å². The van der Waals surface area contributed by atoms with Gasteiger partial charge in [0.25, 0.3) is 5.91 Å². The monoisotopic (exact) mass is 347 g/mol. The molecule has 0 aliphatic carbocycles. The lowest BCUT2D eigenvalue weighted by Gasteiger charge is -2.19. The molecule has 9 nitrogen and oxygen atoms in total. The topological polar surface area (TPSA) is 107 Å². The van der Waals surface area contributed by atoms with Crippen molar-refractivity contribution in [3.05, 3.63) is 18.2 Å². The fourth-order valence-electron chi connectivity index (χ4n) is 2.87. The first-order valence-electron chi connectivity index (χ1n) is 7.63. The maximum absolute atomic E-state index is 12.9. The van der Waals surface area contributed by atoms with Crippen LogP contribution in [-0.2, 0) is 19.1 Å². The summed E-state index contributed by atoms with van der Waals surface area (Å²) >= 11 is 0. The standard InChI is InChI=1S/C16H17N3O6/c1-4-25-16(22)13-11-12(17-18-13)15(21)19(14(11)20)9-7-8(23-2)5-6-10(9)24-3/h5-7,11-12,17H,4H2,1-3H3/t11-,12-/m0/s1. The number of carbonyl (C=O) groups excluding carboxylic acids is 3. The zero-order valence-electron chi connectivity index (χ0n) is 13.9. The number of anilines is 1. The van der Waals surface area contributed by atoms with E-state index in [0.717, 1.165) is 4.90 Å². The van der Waals surface area contributed by atoms with Gasteiger partial charge in [-0.3, -0.25) is 15.0 Å². The van der Waals surface area contributed by atoms with E-state index in [4.69, 9.17) is 14.2 Å². The predicted octanol–water partition coefficient (Wildman–Crippen LogP) is 0.0841. The summed E-state index contributed by atoms with van der Waals surface area (Å²) in [4.78, 5) is 38.5. The molecule has 0 aromatic heterocycles. The largest absolute Gasteiger partial charge is 0.497 e. The second-order valence-corrected chi connectivity index (χ2v) is 5.35. The van der Waals surface area contributed by atoms with E-state index in [0.29, 0.717) is 11.5 Å². The Labute approximate surface area is 143 Å². The van der Waals surface area contributed by atoms with Gasteiger partial charge in [-0.2, -0.15) is 5.10 Å². The van der Waals surface area contributed by atoms with Crippen LogP contribution < -0.4 is 19.8 Å². The number of rotatable bonds is 5. The molecule has 3 rings (SSSR count). The molecule has 132 valence electrons. The first kappa shape index (κ1) is 16.7. The minimum absolute atomic E-state index is 0.102. The molecule has 1 aromatic carbocycles. The van der Waals surface area contributed by atoms with E-state index in [9.17, 15) is 14.4 Å². The highest BCUT2D eigenvalue weighted by Crippen LogP contribution is 2.38. The Morgan fingerprint density at radius 3 is 2.64 bits per heavy atom. The SMILES string of the molecule is CCOC(=O)C1=NN[C@@H]2C(=O)N(c3cc(OC)ccc3OC)C(=O)[C@H]12. The van der Waals surface area contributed by atoms with Gasteiger partial charge in [0, 0.05) is 6.07 Å². The van der Waals surface area contributed by atoms with Crippen molar-refractivity contribution in [3.63, 3.8) is 0 Å². The number of esters is 1. The van der Waals surface area contributed by atoms with E-state index in [1.807, 2.05) is 0 Å². The van der Waals surface area contributed by atoms with Crippen LogP contribution in [0.3, 0.4) is 0 Å². The summed E-state index contributed by atoms with van der Waals surface area (Å²) in [6, 6.07) is 3.83. The second kappa shape index (κ2) is 6.42. The smallest absolute Gasteiger partial charge is 0.355 e. The van der Waals surface area contributed by atoms with Crippen LogP contribution in [0.5, 0.6) is 11.5 Å². The molecule has 1 saturated heterocycles. The number of ether oxygens (including phenoxy) is 3. The first-order chi connectivity index (χ1) is 12.0. The number of imide groups is 1. The normalized spacial score (nSPS) is 21.6. The Kier molecular flexibility index (Phi) is 4.30. The Bertz CT molecular complexity index is 775. The Hall–Kier alpha value is -3.10. The number of hydrogen-bond donors (Lipinski definition) is 1. The summed E-state index contributed by atoms with van der Waals surface area (Å²) in [5.41, 5.74) is 2.70.